The van der Waals surface area contributed by atoms with Crippen LogP contribution >= 0.6 is 15.9 Å². The molecule has 3 heteroatoms. The molecular formula is C10H13BrN2. The van der Waals surface area contributed by atoms with Crippen molar-refractivity contribution in [2.45, 2.75) is 19.3 Å². The topological polar surface area (TPSA) is 16.1 Å². The molecule has 1 aliphatic heterocycles. The highest BCUT2D eigenvalue weighted by atomic mass is 79.9. The first-order valence-corrected chi connectivity index (χ1v) is 5.52. The number of hydrogen-bond acceptors (Lipinski definition) is 2. The molecule has 2 rings (SSSR count). The van der Waals surface area contributed by atoms with E-state index in [2.05, 4.69) is 31.9 Å². The monoisotopic (exact) mass is 240 g/mol. The number of rotatable bonds is 1. The van der Waals surface area contributed by atoms with Crippen molar-refractivity contribution in [1.82, 2.24) is 4.98 Å². The molecule has 0 aromatic carbocycles. The lowest BCUT2D eigenvalue weighted by atomic mass is 10.1. The van der Waals surface area contributed by atoms with Gasteiger partial charge >= 0.3 is 0 Å². The van der Waals surface area contributed by atoms with Gasteiger partial charge in [-0.05, 0) is 47.3 Å². The fourth-order valence-electron chi connectivity index (χ4n) is 1.71. The summed E-state index contributed by atoms with van der Waals surface area (Å²) in [4.78, 5) is 6.64. The van der Waals surface area contributed by atoms with Gasteiger partial charge in [-0.25, -0.2) is 4.98 Å². The average molecular weight is 241 g/mol. The van der Waals surface area contributed by atoms with Crippen molar-refractivity contribution >= 4 is 21.6 Å². The van der Waals surface area contributed by atoms with Crippen LogP contribution < -0.4 is 4.90 Å². The minimum absolute atomic E-state index is 0.910. The fourth-order valence-corrected chi connectivity index (χ4v) is 1.94. The summed E-state index contributed by atoms with van der Waals surface area (Å²) in [6, 6.07) is 4.13. The summed E-state index contributed by atoms with van der Waals surface area (Å²) in [6.07, 6.45) is 5.95. The molecule has 1 saturated heterocycles. The van der Waals surface area contributed by atoms with Gasteiger partial charge in [0.05, 0.1) is 11.9 Å². The Morgan fingerprint density at radius 2 is 1.92 bits per heavy atom. The predicted octanol–water partition coefficient (Wildman–Crippen LogP) is 2.83. The predicted molar refractivity (Wildman–Crippen MR) is 58.0 cm³/mol. The largest absolute Gasteiger partial charge is 0.370 e. The van der Waals surface area contributed by atoms with Crippen LogP contribution in [0.5, 0.6) is 0 Å². The van der Waals surface area contributed by atoms with Gasteiger partial charge in [0.2, 0.25) is 0 Å². The second kappa shape index (κ2) is 4.09. The maximum atomic E-state index is 4.23. The van der Waals surface area contributed by atoms with Gasteiger partial charge in [0.25, 0.3) is 0 Å². The summed E-state index contributed by atoms with van der Waals surface area (Å²) in [5.74, 6) is 0. The average Bonchev–Trinajstić information content (AvgIpc) is 2.20. The highest BCUT2D eigenvalue weighted by Gasteiger charge is 2.10. The Kier molecular flexibility index (Phi) is 2.83. The molecule has 70 valence electrons. The van der Waals surface area contributed by atoms with Crippen LogP contribution in [-0.2, 0) is 0 Å². The number of piperidine rings is 1. The molecule has 1 aliphatic rings. The Balaban J connectivity index is 2.10. The number of anilines is 1. The second-order valence-electron chi connectivity index (χ2n) is 3.39. The molecule has 0 saturated carbocycles. The lowest BCUT2D eigenvalue weighted by molar-refractivity contribution is 0.577. The molecule has 2 nitrogen and oxygen atoms in total. The minimum Gasteiger partial charge on any atom is -0.370 e. The van der Waals surface area contributed by atoms with E-state index in [1.165, 1.54) is 38.0 Å². The number of hydrogen-bond donors (Lipinski definition) is 0. The minimum atomic E-state index is 0.910. The van der Waals surface area contributed by atoms with Crippen LogP contribution in [0.2, 0.25) is 0 Å². The first-order valence-electron chi connectivity index (χ1n) is 4.73. The zero-order valence-corrected chi connectivity index (χ0v) is 9.13. The SMILES string of the molecule is Brc1ccc(N2CCCCC2)cn1. The summed E-state index contributed by atoms with van der Waals surface area (Å²) >= 11 is 3.34. The first-order chi connectivity index (χ1) is 6.36. The van der Waals surface area contributed by atoms with Crippen molar-refractivity contribution in [3.05, 3.63) is 22.9 Å². The molecule has 0 bridgehead atoms. The van der Waals surface area contributed by atoms with E-state index < -0.39 is 0 Å². The third-order valence-electron chi connectivity index (χ3n) is 2.43. The van der Waals surface area contributed by atoms with Crippen LogP contribution in [0.3, 0.4) is 0 Å². The quantitative estimate of drug-likeness (QED) is 0.703. The Bertz CT molecular complexity index is 265. The third-order valence-corrected chi connectivity index (χ3v) is 2.90. The molecule has 0 N–H and O–H groups in total. The highest BCUT2D eigenvalue weighted by Crippen LogP contribution is 2.19. The molecule has 2 heterocycles. The standard InChI is InChI=1S/C10H13BrN2/c11-10-5-4-9(8-12-10)13-6-2-1-3-7-13/h4-5,8H,1-3,6-7H2. The molecule has 1 aromatic heterocycles. The summed E-state index contributed by atoms with van der Waals surface area (Å²) < 4.78 is 0.910. The van der Waals surface area contributed by atoms with Gasteiger partial charge in [0.1, 0.15) is 4.60 Å². The molecule has 0 spiro atoms. The molecule has 0 atom stereocenters. The van der Waals surface area contributed by atoms with Gasteiger partial charge in [-0.2, -0.15) is 0 Å². The van der Waals surface area contributed by atoms with Crippen molar-refractivity contribution in [2.75, 3.05) is 18.0 Å². The Morgan fingerprint density at radius 1 is 1.15 bits per heavy atom. The zero-order valence-electron chi connectivity index (χ0n) is 7.54. The third kappa shape index (κ3) is 2.21. The van der Waals surface area contributed by atoms with Crippen LogP contribution in [0.15, 0.2) is 22.9 Å². The molecule has 0 unspecified atom stereocenters. The Hall–Kier alpha value is -0.570. The summed E-state index contributed by atoms with van der Waals surface area (Å²) in [7, 11) is 0. The van der Waals surface area contributed by atoms with Gasteiger partial charge < -0.3 is 4.90 Å². The van der Waals surface area contributed by atoms with Gasteiger partial charge in [0.15, 0.2) is 0 Å². The van der Waals surface area contributed by atoms with E-state index in [4.69, 9.17) is 0 Å². The van der Waals surface area contributed by atoms with E-state index in [1.54, 1.807) is 0 Å². The second-order valence-corrected chi connectivity index (χ2v) is 4.20. The van der Waals surface area contributed by atoms with Crippen molar-refractivity contribution in [2.24, 2.45) is 0 Å². The fraction of sp³-hybridized carbons (Fsp3) is 0.500. The van der Waals surface area contributed by atoms with E-state index in [-0.39, 0.29) is 0 Å². The lowest BCUT2D eigenvalue weighted by Crippen LogP contribution is -2.29. The summed E-state index contributed by atoms with van der Waals surface area (Å²) in [5.41, 5.74) is 1.25. The Morgan fingerprint density at radius 3 is 2.54 bits per heavy atom. The van der Waals surface area contributed by atoms with E-state index in [0.29, 0.717) is 0 Å². The van der Waals surface area contributed by atoms with Crippen LogP contribution in [0.4, 0.5) is 5.69 Å². The zero-order chi connectivity index (χ0) is 9.10. The van der Waals surface area contributed by atoms with Gasteiger partial charge in [-0.1, -0.05) is 0 Å². The van der Waals surface area contributed by atoms with E-state index in [1.807, 2.05) is 12.3 Å². The number of pyridine rings is 1. The summed E-state index contributed by atoms with van der Waals surface area (Å²) in [5, 5.41) is 0. The van der Waals surface area contributed by atoms with Crippen LogP contribution in [0.1, 0.15) is 19.3 Å². The van der Waals surface area contributed by atoms with Gasteiger partial charge in [-0.3, -0.25) is 0 Å². The smallest absolute Gasteiger partial charge is 0.106 e. The number of nitrogens with zero attached hydrogens (tertiary/aromatic N) is 2. The first kappa shape index (κ1) is 9.00. The molecular weight excluding hydrogens is 228 g/mol. The molecule has 1 aromatic rings. The highest BCUT2D eigenvalue weighted by molar-refractivity contribution is 9.10. The van der Waals surface area contributed by atoms with Crippen LogP contribution in [0, 0.1) is 0 Å². The molecule has 0 radical (unpaired) electrons. The Labute approximate surface area is 87.1 Å². The molecule has 13 heavy (non-hydrogen) atoms. The molecule has 0 amide bonds. The van der Waals surface area contributed by atoms with Gasteiger partial charge in [-0.15, -0.1) is 0 Å². The maximum Gasteiger partial charge on any atom is 0.106 e. The summed E-state index contributed by atoms with van der Waals surface area (Å²) in [6.45, 7) is 2.37. The molecule has 0 aliphatic carbocycles. The van der Waals surface area contributed by atoms with Crippen molar-refractivity contribution in [3.63, 3.8) is 0 Å². The van der Waals surface area contributed by atoms with Gasteiger partial charge in [0, 0.05) is 13.1 Å². The lowest BCUT2D eigenvalue weighted by Gasteiger charge is -2.28. The van der Waals surface area contributed by atoms with Crippen LogP contribution in [-0.4, -0.2) is 18.1 Å². The van der Waals surface area contributed by atoms with Crippen molar-refractivity contribution in [1.29, 1.82) is 0 Å². The van der Waals surface area contributed by atoms with Crippen LogP contribution in [0.25, 0.3) is 0 Å². The molecule has 1 fully saturated rings. The number of halogens is 1. The normalized spacial score (nSPS) is 17.5. The van der Waals surface area contributed by atoms with E-state index >= 15 is 0 Å². The van der Waals surface area contributed by atoms with Crippen molar-refractivity contribution < 1.29 is 0 Å². The van der Waals surface area contributed by atoms with E-state index in [0.717, 1.165) is 4.60 Å². The van der Waals surface area contributed by atoms with Crippen molar-refractivity contribution in [3.8, 4) is 0 Å². The van der Waals surface area contributed by atoms with E-state index in [9.17, 15) is 0 Å². The number of aromatic nitrogens is 1. The maximum absolute atomic E-state index is 4.23.